The van der Waals surface area contributed by atoms with Crippen molar-refractivity contribution in [3.05, 3.63) is 35.4 Å². The maximum absolute atomic E-state index is 12.5. The van der Waals surface area contributed by atoms with Crippen molar-refractivity contribution in [3.8, 4) is 0 Å². The predicted octanol–water partition coefficient (Wildman–Crippen LogP) is 3.21. The average molecular weight is 379 g/mol. The van der Waals surface area contributed by atoms with Crippen LogP contribution in [0.25, 0.3) is 0 Å². The van der Waals surface area contributed by atoms with Gasteiger partial charge in [-0.3, -0.25) is 0 Å². The van der Waals surface area contributed by atoms with Crippen molar-refractivity contribution in [1.29, 1.82) is 0 Å². The lowest BCUT2D eigenvalue weighted by Crippen LogP contribution is -2.42. The Morgan fingerprint density at radius 2 is 1.88 bits per heavy atom. The summed E-state index contributed by atoms with van der Waals surface area (Å²) >= 11 is 0. The van der Waals surface area contributed by atoms with Crippen LogP contribution < -0.4 is 10.6 Å². The Bertz CT molecular complexity index is 744. The van der Waals surface area contributed by atoms with E-state index in [9.17, 15) is 13.2 Å². The number of aryl methyl sites for hydroxylation is 1. The number of urea groups is 1. The molecule has 26 heavy (non-hydrogen) atoms. The summed E-state index contributed by atoms with van der Waals surface area (Å²) in [6, 6.07) is 8.23. The molecule has 2 aliphatic rings. The van der Waals surface area contributed by atoms with Gasteiger partial charge in [0.05, 0.1) is 17.5 Å². The highest BCUT2D eigenvalue weighted by Crippen LogP contribution is 2.39. The molecule has 0 bridgehead atoms. The van der Waals surface area contributed by atoms with Crippen LogP contribution in [0.15, 0.2) is 24.3 Å². The van der Waals surface area contributed by atoms with Gasteiger partial charge in [0.2, 0.25) is 0 Å². The third kappa shape index (κ3) is 5.00. The molecule has 1 atom stereocenters. The number of sulfone groups is 1. The van der Waals surface area contributed by atoms with Gasteiger partial charge in [-0.15, -0.1) is 0 Å². The summed E-state index contributed by atoms with van der Waals surface area (Å²) in [5.74, 6) is 0.734. The van der Waals surface area contributed by atoms with Crippen LogP contribution in [0, 0.1) is 11.3 Å². The van der Waals surface area contributed by atoms with E-state index in [2.05, 4.69) is 42.7 Å². The maximum atomic E-state index is 12.5. The molecule has 1 unspecified atom stereocenters. The molecule has 6 heteroatoms. The zero-order valence-electron chi connectivity index (χ0n) is 15.8. The molecule has 1 aliphatic heterocycles. The van der Waals surface area contributed by atoms with E-state index >= 15 is 0 Å². The molecule has 1 aliphatic carbocycles. The van der Waals surface area contributed by atoms with E-state index in [1.54, 1.807) is 0 Å². The summed E-state index contributed by atoms with van der Waals surface area (Å²) in [5.41, 5.74) is 2.71. The Balaban J connectivity index is 1.59. The second kappa shape index (κ2) is 7.59. The Labute approximate surface area is 156 Å². The third-order valence-corrected chi connectivity index (χ3v) is 7.50. The van der Waals surface area contributed by atoms with E-state index < -0.39 is 9.84 Å². The number of carbonyl (C=O) groups excluding carboxylic acids is 1. The molecular weight excluding hydrogens is 348 g/mol. The van der Waals surface area contributed by atoms with Gasteiger partial charge in [-0.2, -0.15) is 0 Å². The minimum atomic E-state index is -2.86. The molecule has 3 rings (SSSR count). The first-order valence-electron chi connectivity index (χ1n) is 9.57. The molecule has 1 fully saturated rings. The number of hydrogen-bond donors (Lipinski definition) is 2. The summed E-state index contributed by atoms with van der Waals surface area (Å²) in [6.45, 7) is 5.06. The van der Waals surface area contributed by atoms with Crippen molar-refractivity contribution in [2.75, 3.05) is 18.1 Å². The van der Waals surface area contributed by atoms with Gasteiger partial charge in [0.1, 0.15) is 9.84 Å². The number of amides is 2. The first-order chi connectivity index (χ1) is 12.2. The fourth-order valence-corrected chi connectivity index (χ4v) is 5.65. The number of rotatable bonds is 3. The molecule has 2 N–H and O–H groups in total. The first-order valence-corrected chi connectivity index (χ1v) is 11.4. The summed E-state index contributed by atoms with van der Waals surface area (Å²) in [7, 11) is -2.86. The Kier molecular flexibility index (Phi) is 5.61. The van der Waals surface area contributed by atoms with Crippen molar-refractivity contribution in [3.63, 3.8) is 0 Å². The van der Waals surface area contributed by atoms with Gasteiger partial charge in [-0.1, -0.05) is 38.1 Å². The molecule has 1 saturated heterocycles. The van der Waals surface area contributed by atoms with E-state index in [1.165, 1.54) is 11.1 Å². The number of benzene rings is 1. The summed E-state index contributed by atoms with van der Waals surface area (Å²) in [6.07, 6.45) is 4.35. The van der Waals surface area contributed by atoms with E-state index in [-0.39, 0.29) is 34.9 Å². The molecular formula is C20H30N2O3S. The van der Waals surface area contributed by atoms with E-state index in [4.69, 9.17) is 0 Å². The van der Waals surface area contributed by atoms with E-state index in [1.807, 2.05) is 6.07 Å². The summed E-state index contributed by atoms with van der Waals surface area (Å²) in [5, 5.41) is 6.12. The zero-order chi connectivity index (χ0) is 18.8. The summed E-state index contributed by atoms with van der Waals surface area (Å²) < 4.78 is 23.0. The molecule has 0 saturated carbocycles. The fraction of sp³-hybridized carbons (Fsp3) is 0.650. The van der Waals surface area contributed by atoms with Crippen molar-refractivity contribution < 1.29 is 13.2 Å². The average Bonchev–Trinajstić information content (AvgIpc) is 2.70. The van der Waals surface area contributed by atoms with Crippen molar-refractivity contribution in [2.24, 2.45) is 11.3 Å². The quantitative estimate of drug-likeness (QED) is 0.793. The fourth-order valence-electron chi connectivity index (χ4n) is 4.06. The highest BCUT2D eigenvalue weighted by atomic mass is 32.2. The van der Waals surface area contributed by atoms with E-state index in [0.717, 1.165) is 19.3 Å². The second-order valence-electron chi connectivity index (χ2n) is 8.57. The van der Waals surface area contributed by atoms with Gasteiger partial charge in [0.25, 0.3) is 0 Å². The van der Waals surface area contributed by atoms with Gasteiger partial charge in [-0.25, -0.2) is 13.2 Å². The van der Waals surface area contributed by atoms with Gasteiger partial charge >= 0.3 is 6.03 Å². The zero-order valence-corrected chi connectivity index (χ0v) is 16.6. The Morgan fingerprint density at radius 3 is 2.62 bits per heavy atom. The van der Waals surface area contributed by atoms with Crippen LogP contribution in [0.1, 0.15) is 56.7 Å². The topological polar surface area (TPSA) is 75.3 Å². The molecule has 144 valence electrons. The monoisotopic (exact) mass is 378 g/mol. The van der Waals surface area contributed by atoms with Gasteiger partial charge in [0, 0.05) is 6.54 Å². The molecule has 1 aromatic rings. The van der Waals surface area contributed by atoms with Crippen LogP contribution in [-0.4, -0.2) is 32.5 Å². The minimum Gasteiger partial charge on any atom is -0.338 e. The third-order valence-electron chi connectivity index (χ3n) is 5.79. The largest absolute Gasteiger partial charge is 0.338 e. The second-order valence-corrected chi connectivity index (χ2v) is 10.9. The standard InChI is InChI=1S/C20H30N2O3S/c1-20(2)10-7-16-5-3-4-6-17(16)18(13-20)22-19(23)21-14-15-8-11-26(24,25)12-9-15/h3-6,15,18H,7-14H2,1-2H3,(H2,21,22,23). The Morgan fingerprint density at radius 1 is 1.19 bits per heavy atom. The van der Waals surface area contributed by atoms with Crippen LogP contribution in [0.2, 0.25) is 0 Å². The highest BCUT2D eigenvalue weighted by molar-refractivity contribution is 7.91. The highest BCUT2D eigenvalue weighted by Gasteiger charge is 2.30. The van der Waals surface area contributed by atoms with Crippen LogP contribution >= 0.6 is 0 Å². The Hall–Kier alpha value is -1.56. The first kappa shape index (κ1) is 19.2. The SMILES string of the molecule is CC1(C)CCc2ccccc2C(NC(=O)NCC2CCS(=O)(=O)CC2)C1. The van der Waals surface area contributed by atoms with Gasteiger partial charge < -0.3 is 10.6 Å². The predicted molar refractivity (Wildman–Crippen MR) is 104 cm³/mol. The van der Waals surface area contributed by atoms with Crippen molar-refractivity contribution in [1.82, 2.24) is 10.6 Å². The lowest BCUT2D eigenvalue weighted by Gasteiger charge is -2.28. The van der Waals surface area contributed by atoms with Gasteiger partial charge in [0.15, 0.2) is 0 Å². The van der Waals surface area contributed by atoms with Crippen LogP contribution in [0.3, 0.4) is 0 Å². The number of fused-ring (bicyclic) bond motifs is 1. The lowest BCUT2D eigenvalue weighted by molar-refractivity contribution is 0.225. The van der Waals surface area contributed by atoms with Gasteiger partial charge in [-0.05, 0) is 54.6 Å². The van der Waals surface area contributed by atoms with Crippen molar-refractivity contribution >= 4 is 15.9 Å². The summed E-state index contributed by atoms with van der Waals surface area (Å²) in [4.78, 5) is 12.5. The normalized spacial score (nSPS) is 24.9. The molecule has 1 heterocycles. The number of nitrogens with one attached hydrogen (secondary N) is 2. The molecule has 0 spiro atoms. The molecule has 5 nitrogen and oxygen atoms in total. The smallest absolute Gasteiger partial charge is 0.315 e. The molecule has 2 amide bonds. The molecule has 0 radical (unpaired) electrons. The molecule has 1 aromatic carbocycles. The maximum Gasteiger partial charge on any atom is 0.315 e. The minimum absolute atomic E-state index is 0.00966. The van der Waals surface area contributed by atoms with Crippen molar-refractivity contribution in [2.45, 2.75) is 52.0 Å². The van der Waals surface area contributed by atoms with Crippen LogP contribution in [0.4, 0.5) is 4.79 Å². The number of carbonyl (C=O) groups is 1. The number of hydrogen-bond acceptors (Lipinski definition) is 3. The van der Waals surface area contributed by atoms with E-state index in [0.29, 0.717) is 19.4 Å². The van der Waals surface area contributed by atoms with Crippen LogP contribution in [0.5, 0.6) is 0 Å². The van der Waals surface area contributed by atoms with Crippen LogP contribution in [-0.2, 0) is 16.3 Å². The molecule has 0 aromatic heterocycles. The lowest BCUT2D eigenvalue weighted by atomic mass is 9.83.